The summed E-state index contributed by atoms with van der Waals surface area (Å²) < 4.78 is 45.7. The highest BCUT2D eigenvalue weighted by Gasteiger charge is 2.32. The quantitative estimate of drug-likeness (QED) is 0.856. The van der Waals surface area contributed by atoms with Gasteiger partial charge in [0, 0.05) is 18.0 Å². The average Bonchev–Trinajstić information content (AvgIpc) is 2.37. The molecule has 2 rings (SSSR count). The van der Waals surface area contributed by atoms with Crippen molar-refractivity contribution in [2.24, 2.45) is 0 Å². The van der Waals surface area contributed by atoms with E-state index < -0.39 is 6.36 Å². The molecule has 0 bridgehead atoms. The number of aromatic nitrogens is 2. The molecule has 1 aromatic carbocycles. The van der Waals surface area contributed by atoms with Gasteiger partial charge in [0.1, 0.15) is 12.4 Å². The molecule has 0 aliphatic carbocycles. The van der Waals surface area contributed by atoms with Gasteiger partial charge in [0.05, 0.1) is 0 Å². The molecule has 0 unspecified atom stereocenters. The summed E-state index contributed by atoms with van der Waals surface area (Å²) in [5.41, 5.74) is 0.257. The first-order chi connectivity index (χ1) is 9.04. The molecule has 0 aliphatic rings. The number of halogens is 3. The van der Waals surface area contributed by atoms with Crippen molar-refractivity contribution in [3.05, 3.63) is 48.3 Å². The molecule has 100 valence electrons. The Morgan fingerprint density at radius 2 is 1.68 bits per heavy atom. The summed E-state index contributed by atoms with van der Waals surface area (Å²) in [4.78, 5) is 7.60. The number of rotatable bonds is 4. The minimum Gasteiger partial charge on any atom is -0.458 e. The highest BCUT2D eigenvalue weighted by Crippen LogP contribution is 2.26. The lowest BCUT2D eigenvalue weighted by Crippen LogP contribution is -2.18. The standard InChI is InChI=1S/C12H9F3N2O2/c13-12(14,15)19-10-5-2-1-4-9(10)8-18-11-16-6-3-7-17-11/h1-7H,8H2. The van der Waals surface area contributed by atoms with Crippen LogP contribution in [0, 0.1) is 0 Å². The minimum atomic E-state index is -4.74. The van der Waals surface area contributed by atoms with Gasteiger partial charge >= 0.3 is 12.4 Å². The maximum absolute atomic E-state index is 12.2. The van der Waals surface area contributed by atoms with Gasteiger partial charge in [-0.2, -0.15) is 0 Å². The van der Waals surface area contributed by atoms with E-state index in [-0.39, 0.29) is 23.9 Å². The molecule has 1 aromatic heterocycles. The Kier molecular flexibility index (Phi) is 3.84. The van der Waals surface area contributed by atoms with E-state index in [2.05, 4.69) is 14.7 Å². The van der Waals surface area contributed by atoms with E-state index in [0.29, 0.717) is 0 Å². The van der Waals surface area contributed by atoms with Crippen LogP contribution in [0.25, 0.3) is 0 Å². The number of benzene rings is 1. The van der Waals surface area contributed by atoms with E-state index in [4.69, 9.17) is 4.74 Å². The third-order valence-electron chi connectivity index (χ3n) is 2.10. The molecule has 7 heteroatoms. The molecular formula is C12H9F3N2O2. The zero-order valence-electron chi connectivity index (χ0n) is 9.59. The highest BCUT2D eigenvalue weighted by atomic mass is 19.4. The number of nitrogens with zero attached hydrogens (tertiary/aromatic N) is 2. The van der Waals surface area contributed by atoms with Crippen LogP contribution >= 0.6 is 0 Å². The summed E-state index contributed by atoms with van der Waals surface area (Å²) in [6.07, 6.45) is -1.79. The molecule has 4 nitrogen and oxygen atoms in total. The van der Waals surface area contributed by atoms with Crippen molar-refractivity contribution in [1.82, 2.24) is 9.97 Å². The van der Waals surface area contributed by atoms with Gasteiger partial charge < -0.3 is 9.47 Å². The monoisotopic (exact) mass is 270 g/mol. The normalized spacial score (nSPS) is 11.1. The van der Waals surface area contributed by atoms with Crippen LogP contribution in [0.2, 0.25) is 0 Å². The number of hydrogen-bond donors (Lipinski definition) is 0. The second kappa shape index (κ2) is 5.55. The Bertz CT molecular complexity index is 532. The molecule has 19 heavy (non-hydrogen) atoms. The topological polar surface area (TPSA) is 44.2 Å². The van der Waals surface area contributed by atoms with E-state index in [1.165, 1.54) is 30.6 Å². The van der Waals surface area contributed by atoms with Crippen LogP contribution in [0.3, 0.4) is 0 Å². The van der Waals surface area contributed by atoms with E-state index in [0.717, 1.165) is 0 Å². The lowest BCUT2D eigenvalue weighted by atomic mass is 10.2. The Balaban J connectivity index is 2.08. The van der Waals surface area contributed by atoms with Gasteiger partial charge in [-0.1, -0.05) is 18.2 Å². The molecular weight excluding hydrogens is 261 g/mol. The Morgan fingerprint density at radius 3 is 2.37 bits per heavy atom. The zero-order valence-corrected chi connectivity index (χ0v) is 9.59. The van der Waals surface area contributed by atoms with Crippen molar-refractivity contribution >= 4 is 0 Å². The predicted octanol–water partition coefficient (Wildman–Crippen LogP) is 2.95. The fourth-order valence-corrected chi connectivity index (χ4v) is 1.35. The smallest absolute Gasteiger partial charge is 0.458 e. The van der Waals surface area contributed by atoms with E-state index in [9.17, 15) is 13.2 Å². The minimum absolute atomic E-state index is 0.0873. The van der Waals surface area contributed by atoms with Crippen LogP contribution in [-0.4, -0.2) is 16.3 Å². The van der Waals surface area contributed by atoms with E-state index in [1.807, 2.05) is 0 Å². The van der Waals surface area contributed by atoms with Gasteiger partial charge in [-0.05, 0) is 12.1 Å². The number of hydrogen-bond acceptors (Lipinski definition) is 4. The molecule has 0 saturated heterocycles. The molecule has 0 fully saturated rings. The Hall–Kier alpha value is -2.31. The molecule has 1 heterocycles. The van der Waals surface area contributed by atoms with Gasteiger partial charge in [-0.25, -0.2) is 9.97 Å². The molecule has 0 atom stereocenters. The van der Waals surface area contributed by atoms with Crippen molar-refractivity contribution in [2.75, 3.05) is 0 Å². The van der Waals surface area contributed by atoms with E-state index in [1.54, 1.807) is 12.1 Å². The van der Waals surface area contributed by atoms with Gasteiger partial charge in [0.25, 0.3) is 0 Å². The van der Waals surface area contributed by atoms with E-state index >= 15 is 0 Å². The molecule has 0 spiro atoms. The van der Waals surface area contributed by atoms with Crippen molar-refractivity contribution in [2.45, 2.75) is 13.0 Å². The highest BCUT2D eigenvalue weighted by molar-refractivity contribution is 5.33. The molecule has 2 aromatic rings. The molecule has 0 radical (unpaired) electrons. The maximum atomic E-state index is 12.2. The Morgan fingerprint density at radius 1 is 1.00 bits per heavy atom. The molecule has 0 saturated carbocycles. The summed E-state index contributed by atoms with van der Waals surface area (Å²) in [5, 5.41) is 0. The summed E-state index contributed by atoms with van der Waals surface area (Å²) >= 11 is 0. The van der Waals surface area contributed by atoms with Crippen molar-refractivity contribution in [3.8, 4) is 11.8 Å². The van der Waals surface area contributed by atoms with Crippen LogP contribution in [0.5, 0.6) is 11.8 Å². The largest absolute Gasteiger partial charge is 0.573 e. The summed E-state index contributed by atoms with van der Waals surface area (Å²) in [5.74, 6) is -0.300. The van der Waals surface area contributed by atoms with Crippen LogP contribution < -0.4 is 9.47 Å². The molecule has 0 amide bonds. The first-order valence-electron chi connectivity index (χ1n) is 5.28. The Labute approximate surface area is 106 Å². The average molecular weight is 270 g/mol. The van der Waals surface area contributed by atoms with Gasteiger partial charge in [0.2, 0.25) is 0 Å². The second-order valence-corrected chi connectivity index (χ2v) is 3.48. The van der Waals surface area contributed by atoms with Crippen LogP contribution in [0.4, 0.5) is 13.2 Å². The number of ether oxygens (including phenoxy) is 2. The molecule has 0 N–H and O–H groups in total. The van der Waals surface area contributed by atoms with Gasteiger partial charge in [0.15, 0.2) is 0 Å². The first-order valence-corrected chi connectivity index (χ1v) is 5.28. The van der Waals surface area contributed by atoms with Gasteiger partial charge in [-0.15, -0.1) is 13.2 Å². The summed E-state index contributed by atoms with van der Waals surface area (Å²) in [6.45, 7) is -0.115. The zero-order chi connectivity index (χ0) is 13.7. The predicted molar refractivity (Wildman–Crippen MR) is 59.5 cm³/mol. The summed E-state index contributed by atoms with van der Waals surface area (Å²) in [7, 11) is 0. The SMILES string of the molecule is FC(F)(F)Oc1ccccc1COc1ncccn1. The van der Waals surface area contributed by atoms with Crippen LogP contribution in [-0.2, 0) is 6.61 Å². The fraction of sp³-hybridized carbons (Fsp3) is 0.167. The summed E-state index contributed by atoms with van der Waals surface area (Å²) in [6, 6.07) is 7.43. The number of para-hydroxylation sites is 1. The van der Waals surface area contributed by atoms with Gasteiger partial charge in [-0.3, -0.25) is 0 Å². The second-order valence-electron chi connectivity index (χ2n) is 3.48. The molecule has 0 aliphatic heterocycles. The first kappa shape index (κ1) is 13.1. The lowest BCUT2D eigenvalue weighted by Gasteiger charge is -2.13. The van der Waals surface area contributed by atoms with Crippen molar-refractivity contribution < 1.29 is 22.6 Å². The third-order valence-corrected chi connectivity index (χ3v) is 2.10. The van der Waals surface area contributed by atoms with Crippen LogP contribution in [0.15, 0.2) is 42.7 Å². The lowest BCUT2D eigenvalue weighted by molar-refractivity contribution is -0.275. The van der Waals surface area contributed by atoms with Crippen LogP contribution in [0.1, 0.15) is 5.56 Å². The third kappa shape index (κ3) is 4.13. The fourth-order valence-electron chi connectivity index (χ4n) is 1.35. The maximum Gasteiger partial charge on any atom is 0.573 e. The van der Waals surface area contributed by atoms with Crippen molar-refractivity contribution in [1.29, 1.82) is 0 Å². The number of alkyl halides is 3. The van der Waals surface area contributed by atoms with Crippen molar-refractivity contribution in [3.63, 3.8) is 0 Å².